The molecule has 0 N–H and O–H groups in total. The summed E-state index contributed by atoms with van der Waals surface area (Å²) in [4.78, 5) is 33.3. The minimum absolute atomic E-state index is 0.174. The second-order valence-electron chi connectivity index (χ2n) is 10.5. The van der Waals surface area contributed by atoms with Crippen molar-refractivity contribution >= 4 is 27.9 Å². The van der Waals surface area contributed by atoms with Gasteiger partial charge >= 0.3 is 6.09 Å². The van der Waals surface area contributed by atoms with E-state index in [4.69, 9.17) is 9.15 Å². The Morgan fingerprint density at radius 3 is 2.64 bits per heavy atom. The lowest BCUT2D eigenvalue weighted by Gasteiger charge is -2.39. The lowest BCUT2D eigenvalue weighted by Crippen LogP contribution is -2.56. The van der Waals surface area contributed by atoms with Crippen molar-refractivity contribution in [1.82, 2.24) is 24.6 Å². The summed E-state index contributed by atoms with van der Waals surface area (Å²) >= 11 is 3.66. The summed E-state index contributed by atoms with van der Waals surface area (Å²) in [7, 11) is 0. The smallest absolute Gasteiger partial charge is 0.410 e. The van der Waals surface area contributed by atoms with Crippen molar-refractivity contribution < 1.29 is 18.7 Å². The second-order valence-corrected chi connectivity index (χ2v) is 11.3. The zero-order chi connectivity index (χ0) is 25.6. The monoisotopic (exact) mass is 555 g/mol. The summed E-state index contributed by atoms with van der Waals surface area (Å²) in [6.07, 6.45) is 7.02. The van der Waals surface area contributed by atoms with Gasteiger partial charge in [-0.1, -0.05) is 6.07 Å². The van der Waals surface area contributed by atoms with E-state index in [1.165, 1.54) is 24.7 Å². The van der Waals surface area contributed by atoms with Gasteiger partial charge in [0.05, 0.1) is 17.4 Å². The quantitative estimate of drug-likeness (QED) is 0.436. The lowest BCUT2D eigenvalue weighted by atomic mass is 10.1. The van der Waals surface area contributed by atoms with Crippen LogP contribution < -0.4 is 0 Å². The summed E-state index contributed by atoms with van der Waals surface area (Å²) in [6, 6.07) is 6.17. The number of hydrogen-bond donors (Lipinski definition) is 0. The van der Waals surface area contributed by atoms with Gasteiger partial charge in [0.25, 0.3) is 5.91 Å². The average molecular weight is 556 g/mol. The first-order valence-corrected chi connectivity index (χ1v) is 13.0. The Morgan fingerprint density at radius 2 is 1.97 bits per heavy atom. The van der Waals surface area contributed by atoms with Crippen LogP contribution in [0.25, 0.3) is 17.1 Å². The molecule has 36 heavy (non-hydrogen) atoms. The Balaban J connectivity index is 1.25. The van der Waals surface area contributed by atoms with E-state index in [-0.39, 0.29) is 23.7 Å². The van der Waals surface area contributed by atoms with Crippen LogP contribution in [0.5, 0.6) is 0 Å². The number of amides is 2. The lowest BCUT2D eigenvalue weighted by molar-refractivity contribution is 0.00190. The number of benzene rings is 1. The van der Waals surface area contributed by atoms with Crippen LogP contribution in [0.2, 0.25) is 0 Å². The fourth-order valence-electron chi connectivity index (χ4n) is 4.34. The predicted molar refractivity (Wildman–Crippen MR) is 137 cm³/mol. The molecule has 10 heteroatoms. The molecule has 0 unspecified atom stereocenters. The first-order chi connectivity index (χ1) is 17.1. The highest BCUT2D eigenvalue weighted by Crippen LogP contribution is 2.41. The van der Waals surface area contributed by atoms with Crippen LogP contribution in [0.4, 0.5) is 4.79 Å². The number of piperazine rings is 1. The molecule has 3 heterocycles. The molecular weight excluding hydrogens is 526 g/mol. The average Bonchev–Trinajstić information content (AvgIpc) is 3.34. The Morgan fingerprint density at radius 1 is 1.19 bits per heavy atom. The third-order valence-electron chi connectivity index (χ3n) is 6.36. The SMILES string of the molecule is C[C@H]1CN(C(=O)c2coc(-c3cnn(-c4ccc(C5CC5)cc4Br)c3)n2)CCN1C(=O)OC(C)(C)C. The van der Waals surface area contributed by atoms with Gasteiger partial charge in [0.2, 0.25) is 5.89 Å². The maximum absolute atomic E-state index is 13.1. The zero-order valence-corrected chi connectivity index (χ0v) is 22.5. The molecule has 0 radical (unpaired) electrons. The number of halogens is 1. The van der Waals surface area contributed by atoms with Gasteiger partial charge in [-0.05, 0) is 80.1 Å². The van der Waals surface area contributed by atoms with Gasteiger partial charge in [-0.25, -0.2) is 14.5 Å². The van der Waals surface area contributed by atoms with E-state index in [9.17, 15) is 9.59 Å². The minimum Gasteiger partial charge on any atom is -0.444 e. The second kappa shape index (κ2) is 9.38. The normalized spacial score (nSPS) is 18.4. The third-order valence-corrected chi connectivity index (χ3v) is 7.00. The molecule has 1 saturated heterocycles. The van der Waals surface area contributed by atoms with Gasteiger partial charge in [0, 0.05) is 36.3 Å². The van der Waals surface area contributed by atoms with E-state index >= 15 is 0 Å². The van der Waals surface area contributed by atoms with Crippen molar-refractivity contribution in [2.45, 2.75) is 58.1 Å². The largest absolute Gasteiger partial charge is 0.444 e. The zero-order valence-electron chi connectivity index (χ0n) is 20.9. The highest BCUT2D eigenvalue weighted by Gasteiger charge is 2.33. The van der Waals surface area contributed by atoms with Crippen LogP contribution in [-0.4, -0.2) is 67.8 Å². The molecule has 0 bridgehead atoms. The molecule has 190 valence electrons. The highest BCUT2D eigenvalue weighted by atomic mass is 79.9. The Hall–Kier alpha value is -3.14. The molecule has 1 saturated carbocycles. The van der Waals surface area contributed by atoms with E-state index in [0.29, 0.717) is 37.0 Å². The van der Waals surface area contributed by atoms with Crippen LogP contribution in [0, 0.1) is 0 Å². The summed E-state index contributed by atoms with van der Waals surface area (Å²) in [5, 5.41) is 4.46. The Bertz CT molecular complexity index is 1290. The maximum Gasteiger partial charge on any atom is 0.410 e. The Labute approximate surface area is 218 Å². The number of rotatable bonds is 4. The molecular formula is C26H30BrN5O4. The molecule has 1 aromatic carbocycles. The molecule has 3 aromatic rings. The van der Waals surface area contributed by atoms with Crippen LogP contribution in [-0.2, 0) is 4.74 Å². The topological polar surface area (TPSA) is 93.7 Å². The van der Waals surface area contributed by atoms with Crippen molar-refractivity contribution in [1.29, 1.82) is 0 Å². The number of carbonyl (C=O) groups is 2. The van der Waals surface area contributed by atoms with E-state index in [2.05, 4.69) is 44.2 Å². The molecule has 2 aromatic heterocycles. The Kier molecular flexibility index (Phi) is 6.40. The summed E-state index contributed by atoms with van der Waals surface area (Å²) in [5.41, 5.74) is 2.60. The molecule has 9 nitrogen and oxygen atoms in total. The molecule has 1 aliphatic carbocycles. The van der Waals surface area contributed by atoms with Gasteiger partial charge in [-0.15, -0.1) is 0 Å². The van der Waals surface area contributed by atoms with Gasteiger partial charge in [0.1, 0.15) is 11.9 Å². The van der Waals surface area contributed by atoms with Crippen molar-refractivity contribution in [3.63, 3.8) is 0 Å². The summed E-state index contributed by atoms with van der Waals surface area (Å²) in [5.74, 6) is 0.775. The fraction of sp³-hybridized carbons (Fsp3) is 0.462. The molecule has 2 aliphatic rings. The van der Waals surface area contributed by atoms with E-state index in [0.717, 1.165) is 10.2 Å². The van der Waals surface area contributed by atoms with Crippen LogP contribution in [0.1, 0.15) is 62.5 Å². The number of carbonyl (C=O) groups excluding carboxylic acids is 2. The maximum atomic E-state index is 13.1. The van der Waals surface area contributed by atoms with Crippen LogP contribution >= 0.6 is 15.9 Å². The van der Waals surface area contributed by atoms with Crippen LogP contribution in [0.3, 0.4) is 0 Å². The van der Waals surface area contributed by atoms with Gasteiger partial charge in [-0.3, -0.25) is 4.79 Å². The number of aromatic nitrogens is 3. The molecule has 2 amide bonds. The first-order valence-electron chi connectivity index (χ1n) is 12.2. The standard InChI is InChI=1S/C26H30BrN5O4/c1-16-13-30(9-10-31(16)25(34)36-26(2,3)4)24(33)21-15-35-23(29-21)19-12-28-32(14-19)22-8-7-18(11-20(22)27)17-5-6-17/h7-8,11-12,14-17H,5-6,9-10,13H2,1-4H3/t16-/m0/s1. The van der Waals surface area contributed by atoms with Gasteiger partial charge in [0.15, 0.2) is 5.69 Å². The van der Waals surface area contributed by atoms with Crippen molar-refractivity contribution in [2.24, 2.45) is 0 Å². The molecule has 1 atom stereocenters. The number of nitrogens with zero attached hydrogens (tertiary/aromatic N) is 5. The van der Waals surface area contributed by atoms with E-state index in [1.807, 2.05) is 33.9 Å². The number of hydrogen-bond acceptors (Lipinski definition) is 6. The molecule has 5 rings (SSSR count). The van der Waals surface area contributed by atoms with Gasteiger partial charge in [-0.2, -0.15) is 5.10 Å². The van der Waals surface area contributed by atoms with Crippen molar-refractivity contribution in [3.8, 4) is 17.1 Å². The van der Waals surface area contributed by atoms with Crippen LogP contribution in [0.15, 0.2) is 45.7 Å². The highest BCUT2D eigenvalue weighted by molar-refractivity contribution is 9.10. The predicted octanol–water partition coefficient (Wildman–Crippen LogP) is 5.25. The molecule has 0 spiro atoms. The van der Waals surface area contributed by atoms with E-state index in [1.54, 1.807) is 20.7 Å². The number of oxazole rings is 1. The summed E-state index contributed by atoms with van der Waals surface area (Å²) < 4.78 is 13.9. The third kappa shape index (κ3) is 5.18. The van der Waals surface area contributed by atoms with Crippen molar-refractivity contribution in [3.05, 3.63) is 52.6 Å². The number of ether oxygens (including phenoxy) is 1. The molecule has 1 aliphatic heterocycles. The van der Waals surface area contributed by atoms with E-state index < -0.39 is 5.60 Å². The minimum atomic E-state index is -0.565. The molecule has 2 fully saturated rings. The van der Waals surface area contributed by atoms with Gasteiger partial charge < -0.3 is 19.0 Å². The first kappa shape index (κ1) is 24.5. The van der Waals surface area contributed by atoms with Crippen molar-refractivity contribution in [2.75, 3.05) is 19.6 Å². The fourth-order valence-corrected chi connectivity index (χ4v) is 4.92. The summed E-state index contributed by atoms with van der Waals surface area (Å²) in [6.45, 7) is 8.60.